The van der Waals surface area contributed by atoms with Gasteiger partial charge < -0.3 is 10.2 Å². The van der Waals surface area contributed by atoms with Crippen molar-refractivity contribution < 1.29 is 4.79 Å². The molecule has 4 rings (SSSR count). The molecular formula is C16H19Cl2N3OS2. The Kier molecular flexibility index (Phi) is 5.52. The summed E-state index contributed by atoms with van der Waals surface area (Å²) in [6.07, 6.45) is 3.28. The lowest BCUT2D eigenvalue weighted by Gasteiger charge is -2.27. The van der Waals surface area contributed by atoms with Gasteiger partial charge in [-0.05, 0) is 44.9 Å². The van der Waals surface area contributed by atoms with E-state index in [1.807, 2.05) is 19.1 Å². The summed E-state index contributed by atoms with van der Waals surface area (Å²) in [4.78, 5) is 21.7. The van der Waals surface area contributed by atoms with Crippen LogP contribution in [0.25, 0.3) is 9.88 Å². The monoisotopic (exact) mass is 403 g/mol. The fourth-order valence-electron chi connectivity index (χ4n) is 3.56. The molecular weight excluding hydrogens is 385 g/mol. The van der Waals surface area contributed by atoms with E-state index in [1.165, 1.54) is 22.7 Å². The summed E-state index contributed by atoms with van der Waals surface area (Å²) in [6, 6.07) is 4.55. The van der Waals surface area contributed by atoms with Crippen LogP contribution in [0.1, 0.15) is 34.6 Å². The zero-order chi connectivity index (χ0) is 16.0. The molecule has 2 atom stereocenters. The second-order valence-electron chi connectivity index (χ2n) is 6.13. The topological polar surface area (TPSA) is 45.2 Å². The third kappa shape index (κ3) is 3.22. The third-order valence-electron chi connectivity index (χ3n) is 4.66. The van der Waals surface area contributed by atoms with Crippen molar-refractivity contribution >= 4 is 52.6 Å². The summed E-state index contributed by atoms with van der Waals surface area (Å²) in [5.41, 5.74) is 0.830. The highest BCUT2D eigenvalue weighted by Crippen LogP contribution is 2.37. The molecule has 1 amide bonds. The molecule has 130 valence electrons. The number of hydrogen-bond acceptors (Lipinski definition) is 5. The molecule has 2 saturated heterocycles. The average molecular weight is 404 g/mol. The first-order valence-corrected chi connectivity index (χ1v) is 9.91. The van der Waals surface area contributed by atoms with Crippen LogP contribution in [0.3, 0.4) is 0 Å². The van der Waals surface area contributed by atoms with E-state index in [9.17, 15) is 4.79 Å². The smallest absolute Gasteiger partial charge is 0.266 e. The van der Waals surface area contributed by atoms with Crippen LogP contribution < -0.4 is 5.32 Å². The van der Waals surface area contributed by atoms with Gasteiger partial charge in [-0.1, -0.05) is 11.6 Å². The van der Waals surface area contributed by atoms with Crippen LogP contribution in [0.15, 0.2) is 12.1 Å². The predicted molar refractivity (Wildman–Crippen MR) is 103 cm³/mol. The fourth-order valence-corrected chi connectivity index (χ4v) is 5.67. The van der Waals surface area contributed by atoms with E-state index in [2.05, 4.69) is 15.2 Å². The van der Waals surface area contributed by atoms with E-state index in [-0.39, 0.29) is 18.3 Å². The van der Waals surface area contributed by atoms with E-state index in [0.717, 1.165) is 57.1 Å². The van der Waals surface area contributed by atoms with Crippen LogP contribution >= 0.6 is 46.7 Å². The van der Waals surface area contributed by atoms with Gasteiger partial charge in [0.15, 0.2) is 0 Å². The molecule has 0 radical (unpaired) electrons. The summed E-state index contributed by atoms with van der Waals surface area (Å²) >= 11 is 9.02. The molecule has 0 saturated carbocycles. The van der Waals surface area contributed by atoms with Crippen molar-refractivity contribution in [3.63, 3.8) is 0 Å². The van der Waals surface area contributed by atoms with Crippen LogP contribution in [-0.2, 0) is 0 Å². The Morgan fingerprint density at radius 3 is 2.83 bits per heavy atom. The number of amides is 1. The Hall–Kier alpha value is -0.660. The Labute approximate surface area is 160 Å². The van der Waals surface area contributed by atoms with E-state index in [1.54, 1.807) is 0 Å². The van der Waals surface area contributed by atoms with Gasteiger partial charge in [-0.2, -0.15) is 0 Å². The molecule has 24 heavy (non-hydrogen) atoms. The van der Waals surface area contributed by atoms with Crippen molar-refractivity contribution in [1.29, 1.82) is 0 Å². The Morgan fingerprint density at radius 1 is 1.29 bits per heavy atom. The minimum atomic E-state index is 0. The molecule has 2 bridgehead atoms. The molecule has 4 nitrogen and oxygen atoms in total. The quantitative estimate of drug-likeness (QED) is 0.815. The minimum Gasteiger partial charge on any atom is -0.331 e. The van der Waals surface area contributed by atoms with Crippen LogP contribution in [-0.4, -0.2) is 41.0 Å². The molecule has 2 aliphatic heterocycles. The second-order valence-corrected chi connectivity index (χ2v) is 8.84. The maximum Gasteiger partial charge on any atom is 0.266 e. The molecule has 0 spiro atoms. The number of aromatic nitrogens is 1. The first-order chi connectivity index (χ1) is 11.1. The lowest BCUT2D eigenvalue weighted by Crippen LogP contribution is -2.42. The van der Waals surface area contributed by atoms with Gasteiger partial charge in [0.25, 0.3) is 5.91 Å². The number of carbonyl (C=O) groups excluding carboxylic acids is 1. The summed E-state index contributed by atoms with van der Waals surface area (Å²) in [5.74, 6) is 0.158. The largest absolute Gasteiger partial charge is 0.331 e. The fraction of sp³-hybridized carbons (Fsp3) is 0.500. The van der Waals surface area contributed by atoms with Gasteiger partial charge in [-0.15, -0.1) is 35.1 Å². The van der Waals surface area contributed by atoms with Crippen molar-refractivity contribution in [2.24, 2.45) is 0 Å². The lowest BCUT2D eigenvalue weighted by molar-refractivity contribution is 0.0684. The highest BCUT2D eigenvalue weighted by molar-refractivity contribution is 7.24. The van der Waals surface area contributed by atoms with Crippen molar-refractivity contribution in [3.05, 3.63) is 27.0 Å². The molecule has 2 aromatic rings. The van der Waals surface area contributed by atoms with Crippen molar-refractivity contribution in [3.8, 4) is 9.88 Å². The molecule has 2 unspecified atom stereocenters. The molecule has 2 fully saturated rings. The lowest BCUT2D eigenvalue weighted by atomic mass is 10.1. The Bertz CT molecular complexity index is 732. The molecule has 2 aliphatic rings. The van der Waals surface area contributed by atoms with Gasteiger partial charge in [0.05, 0.1) is 14.9 Å². The molecule has 0 aliphatic carbocycles. The van der Waals surface area contributed by atoms with E-state index >= 15 is 0 Å². The summed E-state index contributed by atoms with van der Waals surface area (Å²) in [6.45, 7) is 3.85. The molecule has 2 aromatic heterocycles. The van der Waals surface area contributed by atoms with Crippen LogP contribution in [0, 0.1) is 6.92 Å². The number of hydrogen-bond donors (Lipinski definition) is 1. The SMILES string of the molecule is Cc1nc(-c2ccc(Cl)s2)sc1C(=O)N1C2CCNCC1CC2.Cl. The normalized spacial score (nSPS) is 23.0. The maximum atomic E-state index is 13.1. The number of fused-ring (bicyclic) bond motifs is 2. The van der Waals surface area contributed by atoms with Crippen LogP contribution in [0.5, 0.6) is 0 Å². The van der Waals surface area contributed by atoms with Crippen LogP contribution in [0.2, 0.25) is 4.34 Å². The van der Waals surface area contributed by atoms with Gasteiger partial charge in [0.1, 0.15) is 9.88 Å². The Morgan fingerprint density at radius 2 is 2.08 bits per heavy atom. The van der Waals surface area contributed by atoms with E-state index in [4.69, 9.17) is 11.6 Å². The second kappa shape index (κ2) is 7.30. The summed E-state index contributed by atoms with van der Waals surface area (Å²) in [7, 11) is 0. The molecule has 8 heteroatoms. The number of halogens is 2. The third-order valence-corrected chi connectivity index (χ3v) is 7.21. The van der Waals surface area contributed by atoms with Gasteiger partial charge in [0.2, 0.25) is 0 Å². The highest BCUT2D eigenvalue weighted by atomic mass is 35.5. The molecule has 1 N–H and O–H groups in total. The first-order valence-electron chi connectivity index (χ1n) is 7.90. The molecule has 0 aromatic carbocycles. The number of carbonyl (C=O) groups is 1. The summed E-state index contributed by atoms with van der Waals surface area (Å²) < 4.78 is 0.748. The molecule has 4 heterocycles. The predicted octanol–water partition coefficient (Wildman–Crippen LogP) is 4.22. The first kappa shape index (κ1) is 18.1. The number of nitrogens with one attached hydrogen (secondary N) is 1. The van der Waals surface area contributed by atoms with Crippen molar-refractivity contribution in [2.45, 2.75) is 38.3 Å². The Balaban J connectivity index is 0.00000169. The zero-order valence-electron chi connectivity index (χ0n) is 13.3. The van der Waals surface area contributed by atoms with Gasteiger partial charge in [-0.25, -0.2) is 4.98 Å². The number of aryl methyl sites for hydroxylation is 1. The van der Waals surface area contributed by atoms with Gasteiger partial charge in [-0.3, -0.25) is 4.79 Å². The standard InChI is InChI=1S/C16H18ClN3OS2.ClH/c1-9-14(23-15(19-9)12-4-5-13(17)22-12)16(21)20-10-2-3-11(20)8-18-7-6-10;/h4-5,10-11,18H,2-3,6-8H2,1H3;1H. The number of thiophene rings is 1. The van der Waals surface area contributed by atoms with Gasteiger partial charge in [0, 0.05) is 18.6 Å². The van der Waals surface area contributed by atoms with E-state index in [0.29, 0.717) is 12.1 Å². The number of thiazole rings is 1. The summed E-state index contributed by atoms with van der Waals surface area (Å²) in [5, 5.41) is 4.34. The zero-order valence-corrected chi connectivity index (χ0v) is 16.5. The van der Waals surface area contributed by atoms with E-state index < -0.39 is 0 Å². The van der Waals surface area contributed by atoms with Gasteiger partial charge >= 0.3 is 0 Å². The number of nitrogens with zero attached hydrogens (tertiary/aromatic N) is 2. The highest BCUT2D eigenvalue weighted by Gasteiger charge is 2.39. The van der Waals surface area contributed by atoms with Crippen molar-refractivity contribution in [1.82, 2.24) is 15.2 Å². The minimum absolute atomic E-state index is 0. The van der Waals surface area contributed by atoms with Crippen molar-refractivity contribution in [2.75, 3.05) is 13.1 Å². The number of rotatable bonds is 2. The maximum absolute atomic E-state index is 13.1. The average Bonchev–Trinajstić information content (AvgIpc) is 3.15. The van der Waals surface area contributed by atoms with Crippen LogP contribution in [0.4, 0.5) is 0 Å².